The minimum atomic E-state index is -0.397. The van der Waals surface area contributed by atoms with Crippen molar-refractivity contribution in [3.05, 3.63) is 60.8 Å². The molecule has 2 rings (SSSR count). The summed E-state index contributed by atoms with van der Waals surface area (Å²) in [5, 5.41) is 16.7. The van der Waals surface area contributed by atoms with Gasteiger partial charge in [-0.15, -0.1) is 11.3 Å². The molecular weight excluding hydrogens is 296 g/mol. The first-order valence-corrected chi connectivity index (χ1v) is 7.57. The van der Waals surface area contributed by atoms with E-state index in [0.29, 0.717) is 23.7 Å². The number of thiophene rings is 1. The maximum atomic E-state index is 11.0. The molecule has 1 aromatic heterocycles. The van der Waals surface area contributed by atoms with Crippen molar-refractivity contribution in [2.24, 2.45) is 0 Å². The van der Waals surface area contributed by atoms with Crippen molar-refractivity contribution < 1.29 is 4.92 Å². The summed E-state index contributed by atoms with van der Waals surface area (Å²) in [6, 6.07) is 6.86. The fourth-order valence-corrected chi connectivity index (χ4v) is 3.21. The van der Waals surface area contributed by atoms with Gasteiger partial charge in [-0.05, 0) is 29.5 Å². The van der Waals surface area contributed by atoms with Crippen LogP contribution in [0.25, 0.3) is 0 Å². The Balaban J connectivity index is 2.06. The van der Waals surface area contributed by atoms with Crippen LogP contribution in [0.2, 0.25) is 5.02 Å². The number of benzene rings is 1. The molecule has 6 heteroatoms. The van der Waals surface area contributed by atoms with Gasteiger partial charge in [0.15, 0.2) is 0 Å². The second kappa shape index (κ2) is 6.83. The molecule has 106 valence electrons. The summed E-state index contributed by atoms with van der Waals surface area (Å²) in [4.78, 5) is 11.9. The van der Waals surface area contributed by atoms with Crippen molar-refractivity contribution in [1.82, 2.24) is 5.32 Å². The molecule has 0 fully saturated rings. The van der Waals surface area contributed by atoms with E-state index in [1.807, 2.05) is 0 Å². The number of hydrogen-bond donors (Lipinski definition) is 1. The third-order valence-corrected chi connectivity index (χ3v) is 4.41. The quantitative estimate of drug-likeness (QED) is 0.644. The van der Waals surface area contributed by atoms with Crippen LogP contribution in [0, 0.1) is 10.1 Å². The Bertz CT molecular complexity index is 613. The van der Waals surface area contributed by atoms with Crippen molar-refractivity contribution in [1.29, 1.82) is 0 Å². The highest BCUT2D eigenvalue weighted by atomic mass is 35.5. The van der Waals surface area contributed by atoms with E-state index in [1.54, 1.807) is 23.5 Å². The van der Waals surface area contributed by atoms with Gasteiger partial charge in [-0.2, -0.15) is 0 Å². The van der Waals surface area contributed by atoms with Crippen LogP contribution in [0.15, 0.2) is 29.6 Å². The summed E-state index contributed by atoms with van der Waals surface area (Å²) in [5.41, 5.74) is 1.91. The van der Waals surface area contributed by atoms with Gasteiger partial charge in [-0.1, -0.05) is 24.6 Å². The Morgan fingerprint density at radius 1 is 1.35 bits per heavy atom. The first kappa shape index (κ1) is 15.0. The van der Waals surface area contributed by atoms with Crippen molar-refractivity contribution in [3.63, 3.8) is 0 Å². The highest BCUT2D eigenvalue weighted by molar-refractivity contribution is 7.10. The van der Waals surface area contributed by atoms with Gasteiger partial charge in [0, 0.05) is 24.0 Å². The molecule has 0 saturated heterocycles. The molecule has 0 radical (unpaired) electrons. The number of rotatable bonds is 6. The summed E-state index contributed by atoms with van der Waals surface area (Å²) in [6.45, 7) is 3.20. The third-order valence-electron chi connectivity index (χ3n) is 3.10. The Morgan fingerprint density at radius 2 is 2.15 bits per heavy atom. The van der Waals surface area contributed by atoms with Gasteiger partial charge in [0.25, 0.3) is 5.69 Å². The molecule has 0 bridgehead atoms. The summed E-state index contributed by atoms with van der Waals surface area (Å²) >= 11 is 7.75. The fraction of sp³-hybridized carbons (Fsp3) is 0.286. The summed E-state index contributed by atoms with van der Waals surface area (Å²) in [5.74, 6) is 0. The molecule has 0 spiro atoms. The molecule has 0 amide bonds. The van der Waals surface area contributed by atoms with Gasteiger partial charge in [0.1, 0.15) is 0 Å². The van der Waals surface area contributed by atoms with Gasteiger partial charge in [0.05, 0.1) is 15.5 Å². The average Bonchev–Trinajstić information content (AvgIpc) is 2.87. The van der Waals surface area contributed by atoms with Crippen LogP contribution in [-0.2, 0) is 19.5 Å². The van der Waals surface area contributed by atoms with E-state index in [2.05, 4.69) is 23.7 Å². The van der Waals surface area contributed by atoms with Gasteiger partial charge in [0.2, 0.25) is 0 Å². The molecule has 0 unspecified atom stereocenters. The Kier molecular flexibility index (Phi) is 5.11. The van der Waals surface area contributed by atoms with E-state index in [0.717, 1.165) is 6.42 Å². The molecule has 20 heavy (non-hydrogen) atoms. The second-order valence-corrected chi connectivity index (χ2v) is 5.73. The van der Waals surface area contributed by atoms with E-state index in [-0.39, 0.29) is 5.69 Å². The molecule has 0 aliphatic rings. The minimum absolute atomic E-state index is 0.0619. The highest BCUT2D eigenvalue weighted by Gasteiger charge is 2.16. The van der Waals surface area contributed by atoms with E-state index in [1.165, 1.54) is 16.5 Å². The average molecular weight is 311 g/mol. The monoisotopic (exact) mass is 310 g/mol. The Hall–Kier alpha value is -1.43. The van der Waals surface area contributed by atoms with Crippen molar-refractivity contribution in [2.75, 3.05) is 0 Å². The number of hydrogen-bond acceptors (Lipinski definition) is 4. The molecule has 1 N–H and O–H groups in total. The topological polar surface area (TPSA) is 55.2 Å². The normalized spacial score (nSPS) is 10.7. The summed E-state index contributed by atoms with van der Waals surface area (Å²) < 4.78 is 0. The van der Waals surface area contributed by atoms with E-state index >= 15 is 0 Å². The number of nitrogens with one attached hydrogen (secondary N) is 1. The number of halogens is 1. The summed E-state index contributed by atoms with van der Waals surface area (Å²) in [7, 11) is 0. The first-order valence-electron chi connectivity index (χ1n) is 6.31. The Labute approximate surface area is 126 Å². The molecule has 2 aromatic rings. The van der Waals surface area contributed by atoms with Gasteiger partial charge in [-0.3, -0.25) is 10.1 Å². The molecule has 0 atom stereocenters. The van der Waals surface area contributed by atoms with E-state index < -0.39 is 4.92 Å². The molecule has 4 nitrogen and oxygen atoms in total. The number of nitrogens with zero attached hydrogens (tertiary/aromatic N) is 1. The minimum Gasteiger partial charge on any atom is -0.307 e. The van der Waals surface area contributed by atoms with Gasteiger partial charge >= 0.3 is 0 Å². The lowest BCUT2D eigenvalue weighted by Crippen LogP contribution is -2.14. The van der Waals surface area contributed by atoms with E-state index in [9.17, 15) is 10.1 Å². The predicted octanol–water partition coefficient (Wildman–Crippen LogP) is 4.16. The molecule has 0 saturated carbocycles. The maximum absolute atomic E-state index is 11.0. The van der Waals surface area contributed by atoms with Crippen LogP contribution in [-0.4, -0.2) is 4.92 Å². The standard InChI is InChI=1S/C14H15ClN2O2S/c1-2-10-6-7-20-14(10)9-16-8-11-12(15)4-3-5-13(11)17(18)19/h3-7,16H,2,8-9H2,1H3. The van der Waals surface area contributed by atoms with Crippen LogP contribution in [0.5, 0.6) is 0 Å². The lowest BCUT2D eigenvalue weighted by Gasteiger charge is -2.07. The second-order valence-electron chi connectivity index (χ2n) is 4.32. The zero-order valence-corrected chi connectivity index (χ0v) is 12.6. The van der Waals surface area contributed by atoms with Crippen LogP contribution in [0.1, 0.15) is 22.9 Å². The van der Waals surface area contributed by atoms with Gasteiger partial charge in [-0.25, -0.2) is 0 Å². The third kappa shape index (κ3) is 3.36. The molecular formula is C14H15ClN2O2S. The molecule has 1 heterocycles. The van der Waals surface area contributed by atoms with Crippen LogP contribution in [0.4, 0.5) is 5.69 Å². The lowest BCUT2D eigenvalue weighted by molar-refractivity contribution is -0.385. The predicted molar refractivity (Wildman–Crippen MR) is 82.3 cm³/mol. The van der Waals surface area contributed by atoms with Crippen molar-refractivity contribution in [2.45, 2.75) is 26.4 Å². The first-order chi connectivity index (χ1) is 9.63. The maximum Gasteiger partial charge on any atom is 0.275 e. The number of nitro benzene ring substituents is 1. The molecule has 0 aliphatic carbocycles. The number of nitro groups is 1. The molecule has 0 aliphatic heterocycles. The largest absolute Gasteiger partial charge is 0.307 e. The lowest BCUT2D eigenvalue weighted by atomic mass is 10.1. The van der Waals surface area contributed by atoms with Crippen molar-refractivity contribution in [3.8, 4) is 0 Å². The number of aryl methyl sites for hydroxylation is 1. The molecule has 1 aromatic carbocycles. The van der Waals surface area contributed by atoms with Crippen molar-refractivity contribution >= 4 is 28.6 Å². The smallest absolute Gasteiger partial charge is 0.275 e. The van der Waals surface area contributed by atoms with Crippen LogP contribution >= 0.6 is 22.9 Å². The van der Waals surface area contributed by atoms with Crippen LogP contribution in [0.3, 0.4) is 0 Å². The SMILES string of the molecule is CCc1ccsc1CNCc1c(Cl)cccc1[N+](=O)[O-]. The fourth-order valence-electron chi connectivity index (χ4n) is 2.03. The zero-order valence-electron chi connectivity index (χ0n) is 11.1. The zero-order chi connectivity index (χ0) is 14.5. The summed E-state index contributed by atoms with van der Waals surface area (Å²) in [6.07, 6.45) is 0.993. The van der Waals surface area contributed by atoms with Gasteiger partial charge < -0.3 is 5.32 Å². The van der Waals surface area contributed by atoms with E-state index in [4.69, 9.17) is 11.6 Å². The Morgan fingerprint density at radius 3 is 2.85 bits per heavy atom. The highest BCUT2D eigenvalue weighted by Crippen LogP contribution is 2.26. The van der Waals surface area contributed by atoms with Crippen LogP contribution < -0.4 is 5.32 Å².